The summed E-state index contributed by atoms with van der Waals surface area (Å²) >= 11 is 0. The van der Waals surface area contributed by atoms with Gasteiger partial charge < -0.3 is 150 Å². The number of hydrogen-bond donors (Lipinski definition) is 18. The van der Waals surface area contributed by atoms with Crippen LogP contribution in [0.3, 0.4) is 0 Å². The van der Waals surface area contributed by atoms with Crippen molar-refractivity contribution in [3.8, 4) is 0 Å². The number of rotatable bonds is 36. The Balaban J connectivity index is 1.15. The van der Waals surface area contributed by atoms with E-state index in [0.29, 0.717) is 6.42 Å². The Morgan fingerprint density at radius 3 is 1.16 bits per heavy atom. The summed E-state index contributed by atoms with van der Waals surface area (Å²) in [5.74, 6) is -3.71. The molecule has 6 aliphatic heterocycles. The highest BCUT2D eigenvalue weighted by atomic mass is 16.8. The highest BCUT2D eigenvalue weighted by molar-refractivity contribution is 5.76. The van der Waals surface area contributed by atoms with Gasteiger partial charge in [-0.25, -0.2) is 0 Å². The van der Waals surface area contributed by atoms with Gasteiger partial charge in [0, 0.05) is 41.2 Å². The lowest BCUT2D eigenvalue weighted by atomic mass is 9.93. The van der Waals surface area contributed by atoms with E-state index in [1.54, 1.807) is 0 Å². The summed E-state index contributed by atoms with van der Waals surface area (Å²) in [7, 11) is 1.21. The molecule has 566 valence electrons. The van der Waals surface area contributed by atoms with Crippen LogP contribution in [-0.2, 0) is 80.8 Å². The summed E-state index contributed by atoms with van der Waals surface area (Å²) in [4.78, 5) is 64.5. The van der Waals surface area contributed by atoms with Crippen molar-refractivity contribution in [3.63, 3.8) is 0 Å². The lowest BCUT2D eigenvalue weighted by Crippen LogP contribution is -2.72. The third-order valence-corrected chi connectivity index (χ3v) is 18.3. The number of carbonyl (C=O) groups excluding carboxylic acids is 5. The molecule has 30 atom stereocenters. The number of allylic oxidation sites excluding steroid dienone is 2. The average molecular weight is 1420 g/mol. The zero-order valence-electron chi connectivity index (χ0n) is 56.7. The van der Waals surface area contributed by atoms with E-state index in [4.69, 9.17) is 56.8 Å². The van der Waals surface area contributed by atoms with Crippen molar-refractivity contribution in [2.24, 2.45) is 0 Å². The Labute approximate surface area is 569 Å². The molecule has 5 amide bonds. The number of carbonyl (C=O) groups is 5. The zero-order valence-corrected chi connectivity index (χ0v) is 56.7. The van der Waals surface area contributed by atoms with Gasteiger partial charge in [0.25, 0.3) is 0 Å². The van der Waals surface area contributed by atoms with Gasteiger partial charge >= 0.3 is 0 Å². The summed E-state index contributed by atoms with van der Waals surface area (Å²) < 4.78 is 71.9. The van der Waals surface area contributed by atoms with Gasteiger partial charge in [-0.1, -0.05) is 70.4 Å². The SMILES string of the molecule is CCCCCC/C=C\CCCCCCCCCC(=O)NC1[C@H](O[C@@H]2C(CO)O[C@@H](O[C@@H]3C(CO)O[C@@H](O[C@@H]4C(CO)O[C@@H](O[C@@H]5C(CO[C@@H]6OC(C)[C@@H](O)C(O)[C@H]6OC)O[C@@H](O)C(NC(C)=O)[C@H]5O)C(NC(C)=O)[C@H]4O)C(NC(C)=O)[C@H]3O)C(NC(C)=O)[C@H]2O)OC(CO)[C@@H](O)[C@@H]1O. The highest BCUT2D eigenvalue weighted by Gasteiger charge is 2.58. The van der Waals surface area contributed by atoms with E-state index in [9.17, 15) is 90.4 Å². The second-order valence-corrected chi connectivity index (χ2v) is 25.9. The molecule has 0 spiro atoms. The van der Waals surface area contributed by atoms with Crippen molar-refractivity contribution >= 4 is 29.5 Å². The van der Waals surface area contributed by atoms with Crippen LogP contribution in [-0.4, -0.2) is 320 Å². The van der Waals surface area contributed by atoms with E-state index < -0.39 is 246 Å². The molecule has 6 rings (SSSR count). The number of unbranched alkanes of at least 4 members (excludes halogenated alkanes) is 11. The quantitative estimate of drug-likeness (QED) is 0.0205. The fraction of sp³-hybridized carbons (Fsp3) is 0.889. The maximum Gasteiger partial charge on any atom is 0.220 e. The van der Waals surface area contributed by atoms with Crippen molar-refractivity contribution in [3.05, 3.63) is 12.2 Å². The van der Waals surface area contributed by atoms with E-state index in [-0.39, 0.29) is 6.42 Å². The van der Waals surface area contributed by atoms with Crippen molar-refractivity contribution in [1.82, 2.24) is 26.6 Å². The molecule has 35 heteroatoms. The fourth-order valence-electron chi connectivity index (χ4n) is 13.0. The summed E-state index contributed by atoms with van der Waals surface area (Å²) in [6.45, 7) is 3.37. The first-order valence-electron chi connectivity index (χ1n) is 34.0. The topological polar surface area (TPSA) is 519 Å². The van der Waals surface area contributed by atoms with Crippen LogP contribution in [0, 0.1) is 0 Å². The molecule has 0 bridgehead atoms. The van der Waals surface area contributed by atoms with Crippen LogP contribution in [0.25, 0.3) is 0 Å². The number of aliphatic hydroxyl groups excluding tert-OH is 13. The predicted octanol–water partition coefficient (Wildman–Crippen LogP) is -5.68. The molecule has 0 aliphatic carbocycles. The van der Waals surface area contributed by atoms with Gasteiger partial charge in [0.2, 0.25) is 29.5 Å². The van der Waals surface area contributed by atoms with Gasteiger partial charge in [0.15, 0.2) is 37.7 Å². The lowest BCUT2D eigenvalue weighted by Gasteiger charge is -2.51. The van der Waals surface area contributed by atoms with E-state index in [0.717, 1.165) is 79.1 Å². The molecule has 6 saturated heterocycles. The molecule has 0 radical (unpaired) electrons. The molecule has 0 aromatic rings. The van der Waals surface area contributed by atoms with E-state index in [2.05, 4.69) is 45.7 Å². The van der Waals surface area contributed by atoms with Gasteiger partial charge in [-0.05, 0) is 39.0 Å². The highest BCUT2D eigenvalue weighted by Crippen LogP contribution is 2.37. The summed E-state index contributed by atoms with van der Waals surface area (Å²) in [6, 6.07) is -8.35. The molecule has 6 heterocycles. The number of hydrogen-bond acceptors (Lipinski definition) is 30. The largest absolute Gasteiger partial charge is 0.394 e. The monoisotopic (exact) mass is 1420 g/mol. The second-order valence-electron chi connectivity index (χ2n) is 25.9. The Bertz CT molecular complexity index is 2450. The maximum atomic E-state index is 13.4. The molecule has 18 N–H and O–H groups in total. The van der Waals surface area contributed by atoms with Gasteiger partial charge in [-0.3, -0.25) is 24.0 Å². The number of methoxy groups -OCH3 is 1. The Kier molecular flexibility index (Phi) is 34.6. The standard InChI is InChI=1S/C63H109N5O30/c1-8-9-10-11-12-13-14-15-16-17-18-19-20-21-22-23-39(77)68-41-47(80)46(79)34(24-69)91-59(41)95-53-35(25-70)92-60(42(49(53)82)65-31(4)74)96-54-36(26-71)93-61(43(50(54)83)66-32(5)75)97-55-37(27-72)94-62(44(51(55)84)67-33(6)76)98-56-38(90-58(86)40(48(56)81)64-30(3)73)28-88-63-57(87-7)52(85)45(78)29(2)89-63/h13-14,29,34-38,40-63,69-72,78-86H,8-12,15-28H2,1-7H3,(H,64,73)(H,65,74)(H,66,75)(H,67,76)(H,68,77)/b14-13-/t29?,34?,35?,36?,37?,38?,40?,41?,42?,43?,44?,45-,46-,47-,48-,49-,50-,51-,52?,53-,54-,55-,56-,57-,58-,59+,60+,61+,62+,63-/m1/s1. The van der Waals surface area contributed by atoms with E-state index in [1.165, 1.54) is 39.7 Å². The molecule has 12 unspecified atom stereocenters. The molecule has 98 heavy (non-hydrogen) atoms. The van der Waals surface area contributed by atoms with Crippen LogP contribution in [0.4, 0.5) is 0 Å². The van der Waals surface area contributed by atoms with Crippen LogP contribution >= 0.6 is 0 Å². The molecule has 0 aromatic carbocycles. The molecule has 6 aliphatic rings. The first-order chi connectivity index (χ1) is 46.7. The Morgan fingerprint density at radius 1 is 0.388 bits per heavy atom. The minimum absolute atomic E-state index is 0.0169. The number of amides is 5. The van der Waals surface area contributed by atoms with Gasteiger partial charge in [-0.2, -0.15) is 0 Å². The van der Waals surface area contributed by atoms with Gasteiger partial charge in [0.1, 0.15) is 140 Å². The predicted molar refractivity (Wildman–Crippen MR) is 334 cm³/mol. The normalized spacial score (nSPS) is 40.0. The minimum atomic E-state index is -2.05. The molecular weight excluding hydrogens is 1310 g/mol. The van der Waals surface area contributed by atoms with E-state index in [1.807, 2.05) is 0 Å². The van der Waals surface area contributed by atoms with Crippen LogP contribution in [0.5, 0.6) is 0 Å². The smallest absolute Gasteiger partial charge is 0.220 e. The first-order valence-corrected chi connectivity index (χ1v) is 34.0. The van der Waals surface area contributed by atoms with Gasteiger partial charge in [0.05, 0.1) is 39.1 Å². The molecule has 0 aromatic heterocycles. The maximum absolute atomic E-state index is 13.4. The fourth-order valence-corrected chi connectivity index (χ4v) is 13.0. The molecule has 35 nitrogen and oxygen atoms in total. The zero-order chi connectivity index (χ0) is 72.1. The number of ether oxygens (including phenoxy) is 12. The first kappa shape index (κ1) is 83.0. The van der Waals surface area contributed by atoms with Crippen LogP contribution in [0.15, 0.2) is 12.2 Å². The minimum Gasteiger partial charge on any atom is -0.394 e. The van der Waals surface area contributed by atoms with Crippen LogP contribution in [0.2, 0.25) is 0 Å². The number of aliphatic hydroxyl groups is 13. The van der Waals surface area contributed by atoms with E-state index >= 15 is 0 Å². The Morgan fingerprint density at radius 2 is 0.755 bits per heavy atom. The molecule has 0 saturated carbocycles. The Hall–Kier alpha value is -3.91. The summed E-state index contributed by atoms with van der Waals surface area (Å²) in [5.41, 5.74) is 0. The van der Waals surface area contributed by atoms with Crippen LogP contribution in [0.1, 0.15) is 131 Å². The molecular formula is C63H109N5O30. The summed E-state index contributed by atoms with van der Waals surface area (Å²) in [5, 5.41) is 158. The second kappa shape index (κ2) is 40.8. The molecule has 6 fully saturated rings. The van der Waals surface area contributed by atoms with Crippen molar-refractivity contribution in [2.75, 3.05) is 40.1 Å². The van der Waals surface area contributed by atoms with Crippen molar-refractivity contribution in [2.45, 2.75) is 315 Å². The number of nitrogens with one attached hydrogen (secondary N) is 5. The average Bonchev–Trinajstić information content (AvgIpc) is 0.773. The third-order valence-electron chi connectivity index (χ3n) is 18.3. The van der Waals surface area contributed by atoms with Gasteiger partial charge in [-0.15, -0.1) is 0 Å². The third kappa shape index (κ3) is 22.5. The van der Waals surface area contributed by atoms with Crippen LogP contribution < -0.4 is 26.6 Å². The lowest BCUT2D eigenvalue weighted by molar-refractivity contribution is -0.368. The van der Waals surface area contributed by atoms with Crippen molar-refractivity contribution in [1.29, 1.82) is 0 Å². The summed E-state index contributed by atoms with van der Waals surface area (Å²) in [6.07, 6.45) is -24.7. The van der Waals surface area contributed by atoms with Crippen molar-refractivity contribution < 1.29 is 147 Å².